The molecule has 0 radical (unpaired) electrons. The molecule has 0 bridgehead atoms. The Labute approximate surface area is 126 Å². The van der Waals surface area contributed by atoms with Gasteiger partial charge in [-0.1, -0.05) is 11.6 Å². The average Bonchev–Trinajstić information content (AvgIpc) is 3.12. The molecule has 21 heavy (non-hydrogen) atoms. The number of halogens is 1. The molecular formula is C15H14ClNO4. The van der Waals surface area contributed by atoms with Gasteiger partial charge >= 0.3 is 5.97 Å². The molecule has 0 saturated carbocycles. The molecule has 5 nitrogen and oxygen atoms in total. The fourth-order valence-electron chi connectivity index (χ4n) is 2.37. The van der Waals surface area contributed by atoms with Gasteiger partial charge in [0.1, 0.15) is 5.58 Å². The highest BCUT2D eigenvalue weighted by Crippen LogP contribution is 2.23. The van der Waals surface area contributed by atoms with Crippen molar-refractivity contribution < 1.29 is 18.7 Å². The molecule has 1 aliphatic rings. The van der Waals surface area contributed by atoms with Crippen LogP contribution in [0.3, 0.4) is 0 Å². The van der Waals surface area contributed by atoms with Crippen molar-refractivity contribution in [3.63, 3.8) is 0 Å². The molecule has 6 heteroatoms. The fraction of sp³-hybridized carbons (Fsp3) is 0.333. The molecule has 2 aromatic rings. The summed E-state index contributed by atoms with van der Waals surface area (Å²) in [7, 11) is 0. The lowest BCUT2D eigenvalue weighted by Crippen LogP contribution is -2.32. The number of hydrogen-bond donors (Lipinski definition) is 0. The lowest BCUT2D eigenvalue weighted by molar-refractivity contribution is -0.133. The third-order valence-corrected chi connectivity index (χ3v) is 3.70. The van der Waals surface area contributed by atoms with Crippen LogP contribution in [0, 0.1) is 0 Å². The Hall–Kier alpha value is -2.01. The predicted molar refractivity (Wildman–Crippen MR) is 77.3 cm³/mol. The number of fused-ring (bicyclic) bond motifs is 1. The molecule has 0 atom stereocenters. The van der Waals surface area contributed by atoms with E-state index < -0.39 is 5.97 Å². The van der Waals surface area contributed by atoms with Crippen molar-refractivity contribution in [3.8, 4) is 0 Å². The van der Waals surface area contributed by atoms with Crippen LogP contribution in [0.1, 0.15) is 23.4 Å². The van der Waals surface area contributed by atoms with E-state index in [1.807, 2.05) is 0 Å². The molecule has 0 unspecified atom stereocenters. The minimum Gasteiger partial charge on any atom is -0.450 e. The molecule has 1 aromatic heterocycles. The standard InChI is InChI=1S/C15H14ClNO4/c16-11-3-4-12-10(7-11)8-13(21-12)15(19)20-9-14(18)17-5-1-2-6-17/h3-4,7-8H,1-2,5-6,9H2. The molecule has 1 amide bonds. The highest BCUT2D eigenvalue weighted by molar-refractivity contribution is 6.31. The van der Waals surface area contributed by atoms with Gasteiger partial charge in [0.25, 0.3) is 5.91 Å². The molecule has 1 aliphatic heterocycles. The average molecular weight is 308 g/mol. The number of hydrogen-bond acceptors (Lipinski definition) is 4. The van der Waals surface area contributed by atoms with Crippen LogP contribution >= 0.6 is 11.6 Å². The molecular weight excluding hydrogens is 294 g/mol. The summed E-state index contributed by atoms with van der Waals surface area (Å²) >= 11 is 5.87. The van der Waals surface area contributed by atoms with Gasteiger partial charge in [-0.3, -0.25) is 4.79 Å². The molecule has 3 rings (SSSR count). The van der Waals surface area contributed by atoms with Gasteiger partial charge in [-0.05, 0) is 37.1 Å². The molecule has 0 N–H and O–H groups in total. The summed E-state index contributed by atoms with van der Waals surface area (Å²) in [6, 6.07) is 6.62. The summed E-state index contributed by atoms with van der Waals surface area (Å²) in [5, 5.41) is 1.28. The Morgan fingerprint density at radius 3 is 2.76 bits per heavy atom. The van der Waals surface area contributed by atoms with Crippen molar-refractivity contribution in [2.24, 2.45) is 0 Å². The van der Waals surface area contributed by atoms with Crippen molar-refractivity contribution in [2.75, 3.05) is 19.7 Å². The highest BCUT2D eigenvalue weighted by Gasteiger charge is 2.21. The Kier molecular flexibility index (Phi) is 3.84. The molecule has 110 valence electrons. The van der Waals surface area contributed by atoms with Crippen molar-refractivity contribution in [3.05, 3.63) is 35.0 Å². The zero-order valence-corrected chi connectivity index (χ0v) is 12.1. The van der Waals surface area contributed by atoms with E-state index in [0.717, 1.165) is 31.3 Å². The maximum absolute atomic E-state index is 11.9. The summed E-state index contributed by atoms with van der Waals surface area (Å²) in [5.41, 5.74) is 0.553. The quantitative estimate of drug-likeness (QED) is 0.818. The van der Waals surface area contributed by atoms with E-state index in [-0.39, 0.29) is 18.3 Å². The van der Waals surface area contributed by atoms with Crippen LogP contribution in [0.2, 0.25) is 5.02 Å². The Bertz CT molecular complexity index is 688. The van der Waals surface area contributed by atoms with Crippen LogP contribution in [-0.4, -0.2) is 36.5 Å². The summed E-state index contributed by atoms with van der Waals surface area (Å²) < 4.78 is 10.4. The largest absolute Gasteiger partial charge is 0.450 e. The second-order valence-corrected chi connectivity index (χ2v) is 5.39. The topological polar surface area (TPSA) is 59.8 Å². The van der Waals surface area contributed by atoms with Crippen LogP contribution in [0.5, 0.6) is 0 Å². The Balaban J connectivity index is 1.65. The van der Waals surface area contributed by atoms with E-state index in [4.69, 9.17) is 20.8 Å². The second-order valence-electron chi connectivity index (χ2n) is 4.96. The number of carbonyl (C=O) groups is 2. The lowest BCUT2D eigenvalue weighted by Gasteiger charge is -2.14. The molecule has 2 heterocycles. The highest BCUT2D eigenvalue weighted by atomic mass is 35.5. The molecule has 1 fully saturated rings. The van der Waals surface area contributed by atoms with Gasteiger partial charge in [0.2, 0.25) is 5.76 Å². The van der Waals surface area contributed by atoms with Crippen LogP contribution in [0.25, 0.3) is 11.0 Å². The first-order valence-electron chi connectivity index (χ1n) is 6.77. The lowest BCUT2D eigenvalue weighted by atomic mass is 10.2. The molecule has 0 aliphatic carbocycles. The minimum atomic E-state index is -0.644. The SMILES string of the molecule is O=C(OCC(=O)N1CCCC1)c1cc2cc(Cl)ccc2o1. The number of furan rings is 1. The first-order chi connectivity index (χ1) is 10.1. The molecule has 1 saturated heterocycles. The van der Waals surface area contributed by atoms with Gasteiger partial charge in [0.15, 0.2) is 6.61 Å². The number of rotatable bonds is 3. The van der Waals surface area contributed by atoms with Gasteiger partial charge < -0.3 is 14.1 Å². The monoisotopic (exact) mass is 307 g/mol. The van der Waals surface area contributed by atoms with Crippen molar-refractivity contribution >= 4 is 34.4 Å². The number of ether oxygens (including phenoxy) is 1. The summed E-state index contributed by atoms with van der Waals surface area (Å²) in [4.78, 5) is 25.4. The number of likely N-dealkylation sites (tertiary alicyclic amines) is 1. The van der Waals surface area contributed by atoms with E-state index in [1.165, 1.54) is 0 Å². The summed E-state index contributed by atoms with van der Waals surface area (Å²) in [5.74, 6) is -0.739. The maximum atomic E-state index is 11.9. The Morgan fingerprint density at radius 1 is 1.24 bits per heavy atom. The van der Waals surface area contributed by atoms with E-state index in [9.17, 15) is 9.59 Å². The van der Waals surface area contributed by atoms with Gasteiger partial charge in [-0.25, -0.2) is 4.79 Å². The van der Waals surface area contributed by atoms with Crippen LogP contribution in [0.4, 0.5) is 0 Å². The number of nitrogens with zero attached hydrogens (tertiary/aromatic N) is 1. The van der Waals surface area contributed by atoms with Crippen LogP contribution in [0.15, 0.2) is 28.7 Å². The third kappa shape index (κ3) is 3.03. The number of carbonyl (C=O) groups excluding carboxylic acids is 2. The second kappa shape index (κ2) is 5.77. The molecule has 0 spiro atoms. The smallest absolute Gasteiger partial charge is 0.374 e. The zero-order valence-electron chi connectivity index (χ0n) is 11.3. The molecule has 1 aromatic carbocycles. The number of esters is 1. The minimum absolute atomic E-state index is 0.0708. The first-order valence-corrected chi connectivity index (χ1v) is 7.15. The zero-order chi connectivity index (χ0) is 14.8. The van der Waals surface area contributed by atoms with Gasteiger partial charge in [-0.2, -0.15) is 0 Å². The van der Waals surface area contributed by atoms with Crippen molar-refractivity contribution in [1.82, 2.24) is 4.90 Å². The van der Waals surface area contributed by atoms with Gasteiger partial charge in [-0.15, -0.1) is 0 Å². The van der Waals surface area contributed by atoms with Gasteiger partial charge in [0, 0.05) is 23.5 Å². The van der Waals surface area contributed by atoms with E-state index in [0.29, 0.717) is 10.6 Å². The normalized spacial score (nSPS) is 14.6. The van der Waals surface area contributed by atoms with Gasteiger partial charge in [0.05, 0.1) is 0 Å². The van der Waals surface area contributed by atoms with Crippen molar-refractivity contribution in [2.45, 2.75) is 12.8 Å². The van der Waals surface area contributed by atoms with Crippen molar-refractivity contribution in [1.29, 1.82) is 0 Å². The number of benzene rings is 1. The Morgan fingerprint density at radius 2 is 2.00 bits per heavy atom. The van der Waals surface area contributed by atoms with E-state index >= 15 is 0 Å². The summed E-state index contributed by atoms with van der Waals surface area (Å²) in [6.07, 6.45) is 2.01. The fourth-order valence-corrected chi connectivity index (χ4v) is 2.55. The van der Waals surface area contributed by atoms with Crippen LogP contribution < -0.4 is 0 Å². The van der Waals surface area contributed by atoms with Crippen LogP contribution in [-0.2, 0) is 9.53 Å². The number of amides is 1. The maximum Gasteiger partial charge on any atom is 0.374 e. The summed E-state index contributed by atoms with van der Waals surface area (Å²) in [6.45, 7) is 1.22. The van der Waals surface area contributed by atoms with E-state index in [1.54, 1.807) is 29.2 Å². The van der Waals surface area contributed by atoms with E-state index in [2.05, 4.69) is 0 Å². The third-order valence-electron chi connectivity index (χ3n) is 3.47. The first kappa shape index (κ1) is 13.9. The predicted octanol–water partition coefficient (Wildman–Crippen LogP) is 2.87.